The molecule has 4 rings (SSSR count). The quantitative estimate of drug-likeness (QED) is 0.737. The van der Waals surface area contributed by atoms with Gasteiger partial charge in [-0.2, -0.15) is 0 Å². The van der Waals surface area contributed by atoms with Crippen LogP contribution in [-0.4, -0.2) is 46.6 Å². The van der Waals surface area contributed by atoms with Crippen LogP contribution >= 0.6 is 11.3 Å². The summed E-state index contributed by atoms with van der Waals surface area (Å²) in [5.74, 6) is 0.219. The van der Waals surface area contributed by atoms with Gasteiger partial charge in [0.1, 0.15) is 0 Å². The van der Waals surface area contributed by atoms with E-state index in [4.69, 9.17) is 0 Å². The highest BCUT2D eigenvalue weighted by Gasteiger charge is 2.30. The van der Waals surface area contributed by atoms with Gasteiger partial charge in [-0.1, -0.05) is 24.3 Å². The van der Waals surface area contributed by atoms with Crippen molar-refractivity contribution in [3.8, 4) is 16.4 Å². The van der Waals surface area contributed by atoms with Crippen molar-refractivity contribution in [1.82, 2.24) is 20.1 Å². The number of amides is 1. The Morgan fingerprint density at radius 1 is 1.19 bits per heavy atom. The molecule has 3 heterocycles. The number of carbonyl (C=O) groups excluding carboxylic acids is 1. The minimum absolute atomic E-state index is 0.0292. The van der Waals surface area contributed by atoms with Gasteiger partial charge in [-0.3, -0.25) is 4.79 Å². The van der Waals surface area contributed by atoms with Crippen molar-refractivity contribution in [3.05, 3.63) is 53.7 Å². The third-order valence-electron chi connectivity index (χ3n) is 4.12. The van der Waals surface area contributed by atoms with Crippen LogP contribution in [0.3, 0.4) is 0 Å². The van der Waals surface area contributed by atoms with Crippen molar-refractivity contribution in [2.24, 2.45) is 0 Å². The molecule has 0 saturated carbocycles. The standard InChI is InChI=1S/C17H16N4O3S2/c22-17(18-12-8-10-26(23,24)11-12)15-19-16(14-7-4-9-25-14)21(20-15)13-5-2-1-3-6-13/h1-7,9,12H,8,10-11H2,(H,18,22). The summed E-state index contributed by atoms with van der Waals surface area (Å²) < 4.78 is 24.8. The number of sulfone groups is 1. The molecule has 1 aliphatic rings. The second-order valence-corrected chi connectivity index (χ2v) is 9.23. The highest BCUT2D eigenvalue weighted by atomic mass is 32.2. The van der Waals surface area contributed by atoms with E-state index in [9.17, 15) is 13.2 Å². The molecule has 1 aromatic carbocycles. The van der Waals surface area contributed by atoms with Gasteiger partial charge >= 0.3 is 0 Å². The predicted molar refractivity (Wildman–Crippen MR) is 99.2 cm³/mol. The van der Waals surface area contributed by atoms with E-state index < -0.39 is 15.7 Å². The monoisotopic (exact) mass is 388 g/mol. The molecule has 1 unspecified atom stereocenters. The molecular weight excluding hydrogens is 372 g/mol. The Labute approximate surface area is 154 Å². The number of hydrogen-bond donors (Lipinski definition) is 1. The van der Waals surface area contributed by atoms with Crippen LogP contribution in [0.2, 0.25) is 0 Å². The molecule has 2 aromatic heterocycles. The Hall–Kier alpha value is -2.52. The lowest BCUT2D eigenvalue weighted by Gasteiger charge is -2.08. The first-order valence-electron chi connectivity index (χ1n) is 8.09. The molecule has 3 aromatic rings. The summed E-state index contributed by atoms with van der Waals surface area (Å²) in [6, 6.07) is 12.9. The maximum atomic E-state index is 12.5. The Bertz CT molecular complexity index is 1030. The van der Waals surface area contributed by atoms with E-state index in [1.807, 2.05) is 47.8 Å². The number of para-hydroxylation sites is 1. The minimum atomic E-state index is -3.06. The number of hydrogen-bond acceptors (Lipinski definition) is 6. The molecule has 1 atom stereocenters. The molecule has 1 amide bonds. The van der Waals surface area contributed by atoms with Crippen molar-refractivity contribution in [2.75, 3.05) is 11.5 Å². The Balaban J connectivity index is 1.66. The average Bonchev–Trinajstić information content (AvgIpc) is 3.34. The molecule has 0 spiro atoms. The Morgan fingerprint density at radius 2 is 2.00 bits per heavy atom. The van der Waals surface area contributed by atoms with Crippen LogP contribution in [-0.2, 0) is 9.84 Å². The van der Waals surface area contributed by atoms with E-state index in [-0.39, 0.29) is 23.4 Å². The molecule has 1 N–H and O–H groups in total. The van der Waals surface area contributed by atoms with Crippen LogP contribution in [0.25, 0.3) is 16.4 Å². The van der Waals surface area contributed by atoms with Crippen LogP contribution in [0.4, 0.5) is 0 Å². The molecule has 26 heavy (non-hydrogen) atoms. The lowest BCUT2D eigenvalue weighted by molar-refractivity contribution is 0.0930. The largest absolute Gasteiger partial charge is 0.345 e. The molecular formula is C17H16N4O3S2. The lowest BCUT2D eigenvalue weighted by Crippen LogP contribution is -2.36. The van der Waals surface area contributed by atoms with Gasteiger partial charge in [-0.05, 0) is 30.0 Å². The normalized spacial score (nSPS) is 18.7. The highest BCUT2D eigenvalue weighted by molar-refractivity contribution is 7.91. The maximum Gasteiger partial charge on any atom is 0.291 e. The second kappa shape index (κ2) is 6.65. The van der Waals surface area contributed by atoms with E-state index in [0.717, 1.165) is 10.6 Å². The van der Waals surface area contributed by atoms with E-state index in [2.05, 4.69) is 15.4 Å². The molecule has 1 saturated heterocycles. The zero-order valence-corrected chi connectivity index (χ0v) is 15.3. The summed E-state index contributed by atoms with van der Waals surface area (Å²) in [5, 5.41) is 9.03. The first kappa shape index (κ1) is 16.9. The van der Waals surface area contributed by atoms with Gasteiger partial charge in [0, 0.05) is 6.04 Å². The summed E-state index contributed by atoms with van der Waals surface area (Å²) in [5.41, 5.74) is 0.797. The van der Waals surface area contributed by atoms with Gasteiger partial charge in [-0.25, -0.2) is 18.1 Å². The fraction of sp³-hybridized carbons (Fsp3) is 0.235. The minimum Gasteiger partial charge on any atom is -0.345 e. The first-order chi connectivity index (χ1) is 12.5. The summed E-state index contributed by atoms with van der Waals surface area (Å²) in [6.45, 7) is 0. The number of aromatic nitrogens is 3. The lowest BCUT2D eigenvalue weighted by atomic mass is 10.2. The fourth-order valence-corrected chi connectivity index (χ4v) is 5.25. The van der Waals surface area contributed by atoms with Crippen molar-refractivity contribution >= 4 is 27.1 Å². The molecule has 1 fully saturated rings. The van der Waals surface area contributed by atoms with Gasteiger partial charge in [0.25, 0.3) is 5.91 Å². The molecule has 0 aliphatic carbocycles. The zero-order chi connectivity index (χ0) is 18.1. The van der Waals surface area contributed by atoms with Crippen LogP contribution in [0, 0.1) is 0 Å². The van der Waals surface area contributed by atoms with Gasteiger partial charge in [0.15, 0.2) is 15.7 Å². The number of nitrogens with one attached hydrogen (secondary N) is 1. The number of thiophene rings is 1. The zero-order valence-electron chi connectivity index (χ0n) is 13.7. The Morgan fingerprint density at radius 3 is 2.65 bits per heavy atom. The number of nitrogens with zero attached hydrogens (tertiary/aromatic N) is 3. The maximum absolute atomic E-state index is 12.5. The van der Waals surface area contributed by atoms with Crippen LogP contribution in [0.5, 0.6) is 0 Å². The van der Waals surface area contributed by atoms with Crippen molar-refractivity contribution in [3.63, 3.8) is 0 Å². The number of benzene rings is 1. The number of rotatable bonds is 4. The van der Waals surface area contributed by atoms with Gasteiger partial charge < -0.3 is 5.32 Å². The highest BCUT2D eigenvalue weighted by Crippen LogP contribution is 2.25. The molecule has 1 aliphatic heterocycles. The van der Waals surface area contributed by atoms with Gasteiger partial charge in [0.05, 0.1) is 22.1 Å². The van der Waals surface area contributed by atoms with Crippen molar-refractivity contribution in [1.29, 1.82) is 0 Å². The number of carbonyl (C=O) groups is 1. The van der Waals surface area contributed by atoms with Crippen LogP contribution in [0.15, 0.2) is 47.8 Å². The van der Waals surface area contributed by atoms with E-state index in [1.165, 1.54) is 11.3 Å². The molecule has 7 nitrogen and oxygen atoms in total. The third-order valence-corrected chi connectivity index (χ3v) is 6.75. The van der Waals surface area contributed by atoms with Gasteiger partial charge in [0.2, 0.25) is 5.82 Å². The van der Waals surface area contributed by atoms with Crippen molar-refractivity contribution in [2.45, 2.75) is 12.5 Å². The summed E-state index contributed by atoms with van der Waals surface area (Å²) in [4.78, 5) is 17.8. The first-order valence-corrected chi connectivity index (χ1v) is 10.8. The topological polar surface area (TPSA) is 94.0 Å². The van der Waals surface area contributed by atoms with Crippen LogP contribution in [0.1, 0.15) is 17.0 Å². The fourth-order valence-electron chi connectivity index (χ4n) is 2.88. The molecule has 134 valence electrons. The van der Waals surface area contributed by atoms with E-state index in [1.54, 1.807) is 4.68 Å². The van der Waals surface area contributed by atoms with Crippen LogP contribution < -0.4 is 5.32 Å². The Kier molecular flexibility index (Phi) is 4.33. The third kappa shape index (κ3) is 3.40. The summed E-state index contributed by atoms with van der Waals surface area (Å²) >= 11 is 1.51. The smallest absolute Gasteiger partial charge is 0.291 e. The SMILES string of the molecule is O=C(NC1CCS(=O)(=O)C1)c1nc(-c2cccs2)n(-c2ccccc2)n1. The van der Waals surface area contributed by atoms with E-state index in [0.29, 0.717) is 12.2 Å². The predicted octanol–water partition coefficient (Wildman–Crippen LogP) is 1.91. The van der Waals surface area contributed by atoms with E-state index >= 15 is 0 Å². The second-order valence-electron chi connectivity index (χ2n) is 6.06. The molecule has 9 heteroatoms. The van der Waals surface area contributed by atoms with Gasteiger partial charge in [-0.15, -0.1) is 16.4 Å². The average molecular weight is 388 g/mol. The summed E-state index contributed by atoms with van der Waals surface area (Å²) in [6.07, 6.45) is 0.422. The van der Waals surface area contributed by atoms with Crippen molar-refractivity contribution < 1.29 is 13.2 Å². The summed E-state index contributed by atoms with van der Waals surface area (Å²) in [7, 11) is -3.06. The molecule has 0 bridgehead atoms. The molecule has 0 radical (unpaired) electrons.